The number of thiazole rings is 1. The van der Waals surface area contributed by atoms with E-state index in [4.69, 9.17) is 0 Å². The van der Waals surface area contributed by atoms with Crippen LogP contribution in [0.2, 0.25) is 0 Å². The standard InChI is InChI=1S/C24H21N3O2S2/c1-25-22(28)19-6-4-5-17(13-19)14-26-23(29)18-11-9-16(10-12-18)15-30-24-27-20-7-2-3-8-21(20)31-24/h2-13H,14-15H2,1H3,(H,25,28)(H,26,29). The Labute approximate surface area is 188 Å². The summed E-state index contributed by atoms with van der Waals surface area (Å²) in [5, 5.41) is 5.51. The van der Waals surface area contributed by atoms with Crippen molar-refractivity contribution in [3.8, 4) is 0 Å². The lowest BCUT2D eigenvalue weighted by atomic mass is 10.1. The number of carbonyl (C=O) groups is 2. The average molecular weight is 448 g/mol. The van der Waals surface area contributed by atoms with E-state index in [1.165, 1.54) is 4.70 Å². The van der Waals surface area contributed by atoms with Crippen LogP contribution < -0.4 is 10.6 Å². The van der Waals surface area contributed by atoms with Crippen molar-refractivity contribution in [3.63, 3.8) is 0 Å². The Kier molecular flexibility index (Phi) is 6.64. The fourth-order valence-electron chi connectivity index (χ4n) is 3.06. The number of nitrogens with zero attached hydrogens (tertiary/aromatic N) is 1. The molecule has 156 valence electrons. The van der Waals surface area contributed by atoms with Crippen LogP contribution in [0.25, 0.3) is 10.2 Å². The molecule has 0 fully saturated rings. The Morgan fingerprint density at radius 3 is 2.48 bits per heavy atom. The molecule has 0 aliphatic carbocycles. The molecule has 0 atom stereocenters. The van der Waals surface area contributed by atoms with Gasteiger partial charge in [0.05, 0.1) is 10.2 Å². The van der Waals surface area contributed by atoms with Crippen molar-refractivity contribution in [2.24, 2.45) is 0 Å². The van der Waals surface area contributed by atoms with Crippen LogP contribution in [0.4, 0.5) is 0 Å². The maximum atomic E-state index is 12.5. The maximum absolute atomic E-state index is 12.5. The lowest BCUT2D eigenvalue weighted by Crippen LogP contribution is -2.23. The zero-order chi connectivity index (χ0) is 21.6. The predicted molar refractivity (Wildman–Crippen MR) is 127 cm³/mol. The molecule has 2 N–H and O–H groups in total. The number of fused-ring (bicyclic) bond motifs is 1. The molecule has 5 nitrogen and oxygen atoms in total. The summed E-state index contributed by atoms with van der Waals surface area (Å²) in [6, 6.07) is 23.0. The van der Waals surface area contributed by atoms with Gasteiger partial charge >= 0.3 is 0 Å². The van der Waals surface area contributed by atoms with Crippen LogP contribution in [0.5, 0.6) is 0 Å². The lowest BCUT2D eigenvalue weighted by molar-refractivity contribution is 0.0948. The number of amides is 2. The molecule has 31 heavy (non-hydrogen) atoms. The molecule has 1 heterocycles. The minimum Gasteiger partial charge on any atom is -0.355 e. The number of rotatable bonds is 7. The summed E-state index contributed by atoms with van der Waals surface area (Å²) >= 11 is 3.40. The highest BCUT2D eigenvalue weighted by molar-refractivity contribution is 8.00. The zero-order valence-electron chi connectivity index (χ0n) is 16.9. The van der Waals surface area contributed by atoms with Gasteiger partial charge in [0.15, 0.2) is 4.34 Å². The number of carbonyl (C=O) groups excluding carboxylic acids is 2. The van der Waals surface area contributed by atoms with E-state index in [0.29, 0.717) is 17.7 Å². The molecule has 0 radical (unpaired) electrons. The maximum Gasteiger partial charge on any atom is 0.251 e. The molecule has 3 aromatic carbocycles. The number of para-hydroxylation sites is 1. The highest BCUT2D eigenvalue weighted by atomic mass is 32.2. The van der Waals surface area contributed by atoms with E-state index in [1.807, 2.05) is 54.6 Å². The third-order valence-electron chi connectivity index (χ3n) is 4.72. The first kappa shape index (κ1) is 21.1. The fourth-order valence-corrected chi connectivity index (χ4v) is 5.09. The van der Waals surface area contributed by atoms with E-state index < -0.39 is 0 Å². The van der Waals surface area contributed by atoms with E-state index in [2.05, 4.69) is 21.7 Å². The van der Waals surface area contributed by atoms with Crippen LogP contribution in [0, 0.1) is 0 Å². The van der Waals surface area contributed by atoms with Gasteiger partial charge in [-0.1, -0.05) is 48.2 Å². The third kappa shape index (κ3) is 5.31. The van der Waals surface area contributed by atoms with Crippen LogP contribution in [-0.2, 0) is 12.3 Å². The van der Waals surface area contributed by atoms with Crippen molar-refractivity contribution in [3.05, 3.63) is 95.1 Å². The Balaban J connectivity index is 1.32. The molecule has 0 unspecified atom stereocenters. The molecule has 0 spiro atoms. The number of aromatic nitrogens is 1. The Bertz CT molecular complexity index is 1190. The molecule has 0 saturated heterocycles. The highest BCUT2D eigenvalue weighted by Gasteiger charge is 2.08. The van der Waals surface area contributed by atoms with E-state index >= 15 is 0 Å². The second kappa shape index (κ2) is 9.76. The van der Waals surface area contributed by atoms with Gasteiger partial charge < -0.3 is 10.6 Å². The topological polar surface area (TPSA) is 71.1 Å². The van der Waals surface area contributed by atoms with E-state index in [9.17, 15) is 9.59 Å². The quantitative estimate of drug-likeness (QED) is 0.396. The van der Waals surface area contributed by atoms with Crippen LogP contribution in [0.15, 0.2) is 77.1 Å². The average Bonchev–Trinajstić information content (AvgIpc) is 3.24. The largest absolute Gasteiger partial charge is 0.355 e. The first-order chi connectivity index (χ1) is 15.1. The summed E-state index contributed by atoms with van der Waals surface area (Å²) in [5.74, 6) is 0.511. The van der Waals surface area contributed by atoms with Gasteiger partial charge in [0, 0.05) is 30.5 Å². The molecule has 4 rings (SSSR count). The second-order valence-corrected chi connectivity index (χ2v) is 9.15. The molecule has 4 aromatic rings. The summed E-state index contributed by atoms with van der Waals surface area (Å²) in [6.07, 6.45) is 0. The monoisotopic (exact) mass is 447 g/mol. The van der Waals surface area contributed by atoms with Gasteiger partial charge in [0.2, 0.25) is 0 Å². The van der Waals surface area contributed by atoms with Crippen LogP contribution in [-0.4, -0.2) is 23.8 Å². The first-order valence-corrected chi connectivity index (χ1v) is 11.6. The highest BCUT2D eigenvalue weighted by Crippen LogP contribution is 2.31. The van der Waals surface area contributed by atoms with Gasteiger partial charge in [0.25, 0.3) is 11.8 Å². The summed E-state index contributed by atoms with van der Waals surface area (Å²) in [7, 11) is 1.60. The van der Waals surface area contributed by atoms with Gasteiger partial charge in [-0.25, -0.2) is 4.98 Å². The summed E-state index contributed by atoms with van der Waals surface area (Å²) < 4.78 is 2.24. The zero-order valence-corrected chi connectivity index (χ0v) is 18.6. The number of hydrogen-bond donors (Lipinski definition) is 2. The van der Waals surface area contributed by atoms with E-state index in [1.54, 1.807) is 42.3 Å². The Hall–Kier alpha value is -3.16. The molecular weight excluding hydrogens is 426 g/mol. The van der Waals surface area contributed by atoms with Gasteiger partial charge in [-0.05, 0) is 47.5 Å². The van der Waals surface area contributed by atoms with Crippen LogP contribution in [0.1, 0.15) is 31.8 Å². The minimum absolute atomic E-state index is 0.143. The summed E-state index contributed by atoms with van der Waals surface area (Å²) in [4.78, 5) is 28.9. The Morgan fingerprint density at radius 2 is 1.71 bits per heavy atom. The summed E-state index contributed by atoms with van der Waals surface area (Å²) in [5.41, 5.74) is 4.22. The van der Waals surface area contributed by atoms with Crippen molar-refractivity contribution in [1.29, 1.82) is 0 Å². The predicted octanol–water partition coefficient (Wildman–Crippen LogP) is 4.88. The molecular formula is C24H21N3O2S2. The third-order valence-corrected chi connectivity index (χ3v) is 6.97. The number of thioether (sulfide) groups is 1. The molecule has 2 amide bonds. The molecule has 1 aromatic heterocycles. The minimum atomic E-state index is -0.146. The summed E-state index contributed by atoms with van der Waals surface area (Å²) in [6.45, 7) is 0.360. The van der Waals surface area contributed by atoms with Gasteiger partial charge in [-0.15, -0.1) is 11.3 Å². The van der Waals surface area contributed by atoms with E-state index in [0.717, 1.165) is 26.7 Å². The molecule has 0 bridgehead atoms. The lowest BCUT2D eigenvalue weighted by Gasteiger charge is -2.08. The molecule has 0 aliphatic rings. The number of hydrogen-bond acceptors (Lipinski definition) is 5. The SMILES string of the molecule is CNC(=O)c1cccc(CNC(=O)c2ccc(CSc3nc4ccccc4s3)cc2)c1. The smallest absolute Gasteiger partial charge is 0.251 e. The van der Waals surface area contributed by atoms with Crippen molar-refractivity contribution in [2.75, 3.05) is 7.05 Å². The van der Waals surface area contributed by atoms with Gasteiger partial charge in [-0.3, -0.25) is 9.59 Å². The van der Waals surface area contributed by atoms with Crippen molar-refractivity contribution < 1.29 is 9.59 Å². The van der Waals surface area contributed by atoms with E-state index in [-0.39, 0.29) is 11.8 Å². The molecule has 0 aliphatic heterocycles. The van der Waals surface area contributed by atoms with Gasteiger partial charge in [0.1, 0.15) is 0 Å². The fraction of sp³-hybridized carbons (Fsp3) is 0.125. The number of nitrogens with one attached hydrogen (secondary N) is 2. The molecule has 0 saturated carbocycles. The normalized spacial score (nSPS) is 10.7. The van der Waals surface area contributed by atoms with Crippen LogP contribution in [0.3, 0.4) is 0 Å². The van der Waals surface area contributed by atoms with Crippen molar-refractivity contribution in [1.82, 2.24) is 15.6 Å². The Morgan fingerprint density at radius 1 is 0.903 bits per heavy atom. The van der Waals surface area contributed by atoms with Crippen molar-refractivity contribution >= 4 is 45.1 Å². The van der Waals surface area contributed by atoms with Gasteiger partial charge in [-0.2, -0.15) is 0 Å². The number of benzene rings is 3. The van der Waals surface area contributed by atoms with Crippen molar-refractivity contribution in [2.45, 2.75) is 16.6 Å². The van der Waals surface area contributed by atoms with Crippen LogP contribution >= 0.6 is 23.1 Å². The second-order valence-electron chi connectivity index (χ2n) is 6.90. The first-order valence-electron chi connectivity index (χ1n) is 9.79. The molecule has 7 heteroatoms.